The summed E-state index contributed by atoms with van der Waals surface area (Å²) < 4.78 is 0. The van der Waals surface area contributed by atoms with E-state index in [0.717, 1.165) is 11.2 Å². The molecule has 3 unspecified atom stereocenters. The molecule has 2 fully saturated rings. The van der Waals surface area contributed by atoms with E-state index in [-0.39, 0.29) is 0 Å². The van der Waals surface area contributed by atoms with Crippen molar-refractivity contribution in [3.8, 4) is 0 Å². The van der Waals surface area contributed by atoms with Crippen LogP contribution in [0, 0.1) is 5.92 Å². The molecule has 1 N–H and O–H groups in total. The van der Waals surface area contributed by atoms with Crippen LogP contribution in [0.1, 0.15) is 58.8 Å². The van der Waals surface area contributed by atoms with E-state index in [4.69, 9.17) is 0 Å². The predicted molar refractivity (Wildman–Crippen MR) is 69.3 cm³/mol. The highest BCUT2D eigenvalue weighted by Crippen LogP contribution is 2.44. The second-order valence-electron chi connectivity index (χ2n) is 5.39. The molecule has 2 rings (SSSR count). The third-order valence-electron chi connectivity index (χ3n) is 3.98. The summed E-state index contributed by atoms with van der Waals surface area (Å²) in [6.07, 6.45) is 10.0. The highest BCUT2D eigenvalue weighted by molar-refractivity contribution is 8.01. The molecule has 1 saturated heterocycles. The van der Waals surface area contributed by atoms with Gasteiger partial charge in [-0.1, -0.05) is 39.5 Å². The summed E-state index contributed by atoms with van der Waals surface area (Å²) in [5.74, 6) is 1.02. The summed E-state index contributed by atoms with van der Waals surface area (Å²) >= 11 is 2.21. The van der Waals surface area contributed by atoms with E-state index >= 15 is 0 Å². The molecule has 0 radical (unpaired) electrons. The van der Waals surface area contributed by atoms with Crippen molar-refractivity contribution in [3.63, 3.8) is 0 Å². The second-order valence-corrected chi connectivity index (χ2v) is 7.21. The summed E-state index contributed by atoms with van der Waals surface area (Å²) in [5.41, 5.74) is 0. The fourth-order valence-electron chi connectivity index (χ4n) is 3.17. The van der Waals surface area contributed by atoms with Crippen LogP contribution in [-0.4, -0.2) is 16.7 Å². The van der Waals surface area contributed by atoms with Gasteiger partial charge in [-0.2, -0.15) is 0 Å². The molecule has 0 aromatic heterocycles. The van der Waals surface area contributed by atoms with Crippen LogP contribution in [0.5, 0.6) is 0 Å². The molecule has 3 atom stereocenters. The van der Waals surface area contributed by atoms with Gasteiger partial charge >= 0.3 is 0 Å². The van der Waals surface area contributed by atoms with Gasteiger partial charge in [-0.15, -0.1) is 11.8 Å². The summed E-state index contributed by atoms with van der Waals surface area (Å²) in [4.78, 5) is 0.474. The Morgan fingerprint density at radius 1 is 1.33 bits per heavy atom. The lowest BCUT2D eigenvalue weighted by molar-refractivity contribution is 0.403. The zero-order chi connectivity index (χ0) is 10.7. The van der Waals surface area contributed by atoms with Crippen molar-refractivity contribution in [2.75, 3.05) is 6.54 Å². The molecule has 0 aromatic carbocycles. The molecule has 1 aliphatic heterocycles. The molecule has 0 amide bonds. The number of hydrogen-bond donors (Lipinski definition) is 1. The quantitative estimate of drug-likeness (QED) is 0.770. The van der Waals surface area contributed by atoms with Gasteiger partial charge in [0.1, 0.15) is 0 Å². The van der Waals surface area contributed by atoms with Crippen molar-refractivity contribution in [3.05, 3.63) is 0 Å². The van der Waals surface area contributed by atoms with Gasteiger partial charge in [0.05, 0.1) is 4.87 Å². The van der Waals surface area contributed by atoms with E-state index in [1.165, 1.54) is 51.5 Å². The van der Waals surface area contributed by atoms with Gasteiger partial charge in [0.2, 0.25) is 0 Å². The van der Waals surface area contributed by atoms with Gasteiger partial charge < -0.3 is 5.32 Å². The average molecular weight is 227 g/mol. The number of rotatable bonds is 2. The minimum Gasteiger partial charge on any atom is -0.302 e. The Hall–Kier alpha value is 0.310. The fraction of sp³-hybridized carbons (Fsp3) is 1.00. The summed E-state index contributed by atoms with van der Waals surface area (Å²) in [6, 6.07) is 0. The van der Waals surface area contributed by atoms with Crippen molar-refractivity contribution in [1.29, 1.82) is 0 Å². The number of nitrogens with one attached hydrogen (secondary N) is 1. The van der Waals surface area contributed by atoms with Crippen LogP contribution in [0.3, 0.4) is 0 Å². The summed E-state index contributed by atoms with van der Waals surface area (Å²) in [5, 5.41) is 4.61. The Morgan fingerprint density at radius 3 is 2.87 bits per heavy atom. The van der Waals surface area contributed by atoms with Crippen molar-refractivity contribution in [2.24, 2.45) is 5.92 Å². The van der Waals surface area contributed by atoms with E-state index in [1.807, 2.05) is 0 Å². The molecule has 1 spiro atoms. The van der Waals surface area contributed by atoms with Crippen molar-refractivity contribution in [2.45, 2.75) is 68.9 Å². The maximum Gasteiger partial charge on any atom is 0.0648 e. The van der Waals surface area contributed by atoms with Crippen LogP contribution in [0.4, 0.5) is 0 Å². The van der Waals surface area contributed by atoms with Crippen molar-refractivity contribution >= 4 is 11.8 Å². The SMILES string of the molecule is CCCC1CCCC2(CC1)NCC(C)S2. The molecule has 2 aliphatic rings. The molecule has 1 aliphatic carbocycles. The lowest BCUT2D eigenvalue weighted by atomic mass is 9.95. The van der Waals surface area contributed by atoms with Crippen LogP contribution < -0.4 is 5.32 Å². The molecule has 15 heavy (non-hydrogen) atoms. The van der Waals surface area contributed by atoms with Gasteiger partial charge in [0.25, 0.3) is 0 Å². The molecule has 2 heteroatoms. The molecular weight excluding hydrogens is 202 g/mol. The minimum absolute atomic E-state index is 0.474. The van der Waals surface area contributed by atoms with Gasteiger partial charge in [-0.3, -0.25) is 0 Å². The molecule has 88 valence electrons. The Kier molecular flexibility index (Phi) is 4.00. The van der Waals surface area contributed by atoms with Crippen molar-refractivity contribution < 1.29 is 0 Å². The molecular formula is C13H25NS. The van der Waals surface area contributed by atoms with Gasteiger partial charge in [-0.25, -0.2) is 0 Å². The largest absolute Gasteiger partial charge is 0.302 e. The number of thioether (sulfide) groups is 1. The Bertz CT molecular complexity index is 207. The van der Waals surface area contributed by atoms with Gasteiger partial charge in [-0.05, 0) is 25.2 Å². The maximum atomic E-state index is 3.79. The van der Waals surface area contributed by atoms with Gasteiger partial charge in [0, 0.05) is 11.8 Å². The van der Waals surface area contributed by atoms with Crippen LogP contribution >= 0.6 is 11.8 Å². The third-order valence-corrected chi connectivity index (χ3v) is 5.56. The number of hydrogen-bond acceptors (Lipinski definition) is 2. The molecule has 0 bridgehead atoms. The zero-order valence-electron chi connectivity index (χ0n) is 10.2. The molecule has 0 aromatic rings. The first-order valence-corrected chi connectivity index (χ1v) is 7.55. The molecule has 1 saturated carbocycles. The van der Waals surface area contributed by atoms with E-state index in [0.29, 0.717) is 4.87 Å². The monoisotopic (exact) mass is 227 g/mol. The second kappa shape index (κ2) is 5.09. The highest BCUT2D eigenvalue weighted by Gasteiger charge is 2.38. The van der Waals surface area contributed by atoms with Crippen LogP contribution in [0.25, 0.3) is 0 Å². The third kappa shape index (κ3) is 2.91. The maximum absolute atomic E-state index is 3.79. The molecule has 1 heterocycles. The van der Waals surface area contributed by atoms with Gasteiger partial charge in [0.15, 0.2) is 0 Å². The minimum atomic E-state index is 0.474. The van der Waals surface area contributed by atoms with Crippen LogP contribution in [0.15, 0.2) is 0 Å². The zero-order valence-corrected chi connectivity index (χ0v) is 11.0. The lowest BCUT2D eigenvalue weighted by Gasteiger charge is -2.27. The van der Waals surface area contributed by atoms with E-state index < -0.39 is 0 Å². The lowest BCUT2D eigenvalue weighted by Crippen LogP contribution is -2.36. The highest BCUT2D eigenvalue weighted by atomic mass is 32.2. The first-order chi connectivity index (χ1) is 7.24. The van der Waals surface area contributed by atoms with Crippen molar-refractivity contribution in [1.82, 2.24) is 5.32 Å². The fourth-order valence-corrected chi connectivity index (χ4v) is 4.77. The smallest absolute Gasteiger partial charge is 0.0648 e. The predicted octanol–water partition coefficient (Wildman–Crippen LogP) is 3.79. The Labute approximate surface area is 98.8 Å². The Balaban J connectivity index is 1.89. The van der Waals surface area contributed by atoms with E-state index in [9.17, 15) is 0 Å². The topological polar surface area (TPSA) is 12.0 Å². The normalized spacial score (nSPS) is 42.0. The van der Waals surface area contributed by atoms with E-state index in [2.05, 4.69) is 30.9 Å². The average Bonchev–Trinajstić information content (AvgIpc) is 2.45. The summed E-state index contributed by atoms with van der Waals surface area (Å²) in [6.45, 7) is 5.91. The first-order valence-electron chi connectivity index (χ1n) is 6.67. The van der Waals surface area contributed by atoms with Crippen LogP contribution in [0.2, 0.25) is 0 Å². The van der Waals surface area contributed by atoms with Crippen LogP contribution in [-0.2, 0) is 0 Å². The standard InChI is InChI=1S/C13H25NS/c1-3-5-12-6-4-8-13(9-7-12)14-10-11(2)15-13/h11-12,14H,3-10H2,1-2H3. The Morgan fingerprint density at radius 2 is 2.20 bits per heavy atom. The summed E-state index contributed by atoms with van der Waals surface area (Å²) in [7, 11) is 0. The van der Waals surface area contributed by atoms with E-state index in [1.54, 1.807) is 0 Å². The first kappa shape index (κ1) is 11.8. The molecule has 1 nitrogen and oxygen atoms in total.